The van der Waals surface area contributed by atoms with Crippen molar-refractivity contribution in [1.82, 2.24) is 4.90 Å². The molecule has 3 rings (SSSR count). The molecule has 0 atom stereocenters. The first-order valence-corrected chi connectivity index (χ1v) is 8.20. The van der Waals surface area contributed by atoms with Crippen LogP contribution in [0, 0.1) is 0 Å². The molecule has 6 nitrogen and oxygen atoms in total. The number of amides is 1. The highest BCUT2D eigenvalue weighted by Gasteiger charge is 2.21. The summed E-state index contributed by atoms with van der Waals surface area (Å²) in [5.74, 6) is 2.12. The Labute approximate surface area is 147 Å². The van der Waals surface area contributed by atoms with Gasteiger partial charge in [0.1, 0.15) is 5.75 Å². The van der Waals surface area contributed by atoms with Crippen LogP contribution in [0.1, 0.15) is 0 Å². The highest BCUT2D eigenvalue weighted by molar-refractivity contribution is 5.68. The quantitative estimate of drug-likeness (QED) is 0.853. The molecule has 1 fully saturated rings. The summed E-state index contributed by atoms with van der Waals surface area (Å²) in [4.78, 5) is 15.5. The normalized spacial score (nSPS) is 14.2. The Morgan fingerprint density at radius 2 is 1.64 bits per heavy atom. The molecule has 0 aliphatic carbocycles. The van der Waals surface area contributed by atoms with Crippen LogP contribution in [0.15, 0.2) is 48.5 Å². The maximum absolute atomic E-state index is 11.6. The van der Waals surface area contributed by atoms with Crippen LogP contribution in [-0.2, 0) is 4.74 Å². The topological polar surface area (TPSA) is 51.2 Å². The lowest BCUT2D eigenvalue weighted by atomic mass is 10.2. The second kappa shape index (κ2) is 7.79. The Balaban J connectivity index is 1.69. The Hall–Kier alpha value is -2.89. The number of carbonyl (C=O) groups is 1. The molecule has 1 heterocycles. The number of para-hydroxylation sites is 2. The van der Waals surface area contributed by atoms with E-state index in [2.05, 4.69) is 4.90 Å². The van der Waals surface area contributed by atoms with Crippen LogP contribution >= 0.6 is 0 Å². The number of benzene rings is 2. The largest absolute Gasteiger partial charge is 0.493 e. The Bertz CT molecular complexity index is 727. The van der Waals surface area contributed by atoms with Gasteiger partial charge in [-0.05, 0) is 24.3 Å². The minimum atomic E-state index is -0.270. The summed E-state index contributed by atoms with van der Waals surface area (Å²) < 4.78 is 16.1. The van der Waals surface area contributed by atoms with E-state index < -0.39 is 0 Å². The zero-order chi connectivity index (χ0) is 17.6. The molecule has 2 aromatic carbocycles. The van der Waals surface area contributed by atoms with Gasteiger partial charge in [0.25, 0.3) is 0 Å². The van der Waals surface area contributed by atoms with Gasteiger partial charge in [-0.1, -0.05) is 18.2 Å². The summed E-state index contributed by atoms with van der Waals surface area (Å²) in [5, 5.41) is 0. The zero-order valence-corrected chi connectivity index (χ0v) is 14.5. The molecule has 25 heavy (non-hydrogen) atoms. The first kappa shape index (κ1) is 17.0. The van der Waals surface area contributed by atoms with E-state index in [1.807, 2.05) is 48.5 Å². The molecule has 0 aromatic heterocycles. The van der Waals surface area contributed by atoms with Crippen LogP contribution in [-0.4, -0.2) is 51.4 Å². The van der Waals surface area contributed by atoms with E-state index in [1.165, 1.54) is 7.11 Å². The van der Waals surface area contributed by atoms with E-state index in [1.54, 1.807) is 12.0 Å². The smallest absolute Gasteiger partial charge is 0.409 e. The summed E-state index contributed by atoms with van der Waals surface area (Å²) in [5.41, 5.74) is 1.07. The molecule has 2 aromatic rings. The minimum Gasteiger partial charge on any atom is -0.493 e. The van der Waals surface area contributed by atoms with Crippen LogP contribution in [0.25, 0.3) is 0 Å². The first-order valence-electron chi connectivity index (χ1n) is 8.20. The molecule has 132 valence electrons. The second-order valence-corrected chi connectivity index (χ2v) is 5.69. The Morgan fingerprint density at radius 3 is 2.32 bits per heavy atom. The summed E-state index contributed by atoms with van der Waals surface area (Å²) in [6, 6.07) is 15.5. The number of hydrogen-bond donors (Lipinski definition) is 0. The fourth-order valence-electron chi connectivity index (χ4n) is 2.85. The molecule has 1 amide bonds. The number of piperazine rings is 1. The van der Waals surface area contributed by atoms with E-state index >= 15 is 0 Å². The molecule has 0 saturated carbocycles. The van der Waals surface area contributed by atoms with Crippen LogP contribution in [0.2, 0.25) is 0 Å². The average molecular weight is 342 g/mol. The molecule has 1 saturated heterocycles. The predicted molar refractivity (Wildman–Crippen MR) is 95.7 cm³/mol. The molecule has 1 aliphatic heterocycles. The van der Waals surface area contributed by atoms with E-state index in [9.17, 15) is 4.79 Å². The van der Waals surface area contributed by atoms with Gasteiger partial charge in [-0.15, -0.1) is 0 Å². The molecule has 1 aliphatic rings. The second-order valence-electron chi connectivity index (χ2n) is 5.69. The van der Waals surface area contributed by atoms with Gasteiger partial charge in [0.05, 0.1) is 14.2 Å². The van der Waals surface area contributed by atoms with Crippen molar-refractivity contribution in [3.8, 4) is 17.2 Å². The minimum absolute atomic E-state index is 0.270. The fraction of sp³-hybridized carbons (Fsp3) is 0.316. The van der Waals surface area contributed by atoms with E-state index in [0.717, 1.165) is 24.5 Å². The van der Waals surface area contributed by atoms with Crippen molar-refractivity contribution < 1.29 is 19.0 Å². The average Bonchev–Trinajstić information content (AvgIpc) is 2.68. The molecule has 0 N–H and O–H groups in total. The van der Waals surface area contributed by atoms with Crippen molar-refractivity contribution in [2.75, 3.05) is 45.3 Å². The third-order valence-electron chi connectivity index (χ3n) is 4.19. The first-order chi connectivity index (χ1) is 12.2. The maximum atomic E-state index is 11.6. The number of anilines is 1. The third-order valence-corrected chi connectivity index (χ3v) is 4.19. The highest BCUT2D eigenvalue weighted by Crippen LogP contribution is 2.32. The third kappa shape index (κ3) is 3.96. The molecular weight excluding hydrogens is 320 g/mol. The monoisotopic (exact) mass is 342 g/mol. The molecule has 0 radical (unpaired) electrons. The van der Waals surface area contributed by atoms with Crippen LogP contribution in [0.5, 0.6) is 17.2 Å². The summed E-state index contributed by atoms with van der Waals surface area (Å²) in [6.07, 6.45) is -0.270. The number of ether oxygens (including phenoxy) is 3. The predicted octanol–water partition coefficient (Wildman–Crippen LogP) is 3.38. The number of rotatable bonds is 4. The van der Waals surface area contributed by atoms with Crippen molar-refractivity contribution in [3.63, 3.8) is 0 Å². The maximum Gasteiger partial charge on any atom is 0.409 e. The standard InChI is InChI=1S/C19H22N2O4/c1-23-17-8-3-4-9-18(17)25-16-7-5-6-15(14-16)20-10-12-21(13-11-20)19(22)24-2/h3-9,14H,10-13H2,1-2H3. The summed E-state index contributed by atoms with van der Waals surface area (Å²) in [7, 11) is 3.03. The number of carbonyl (C=O) groups excluding carboxylic acids is 1. The van der Waals surface area contributed by atoms with Crippen LogP contribution in [0.4, 0.5) is 10.5 Å². The van der Waals surface area contributed by atoms with Crippen molar-refractivity contribution in [1.29, 1.82) is 0 Å². The molecular formula is C19H22N2O4. The van der Waals surface area contributed by atoms with Gasteiger partial charge in [-0.2, -0.15) is 0 Å². The van der Waals surface area contributed by atoms with Crippen molar-refractivity contribution >= 4 is 11.8 Å². The number of methoxy groups -OCH3 is 2. The molecule has 0 bridgehead atoms. The number of nitrogens with zero attached hydrogens (tertiary/aromatic N) is 2. The summed E-state index contributed by atoms with van der Waals surface area (Å²) >= 11 is 0. The van der Waals surface area contributed by atoms with Gasteiger partial charge < -0.3 is 24.0 Å². The fourth-order valence-corrected chi connectivity index (χ4v) is 2.85. The van der Waals surface area contributed by atoms with Crippen molar-refractivity contribution in [3.05, 3.63) is 48.5 Å². The highest BCUT2D eigenvalue weighted by atomic mass is 16.5. The van der Waals surface area contributed by atoms with E-state index in [4.69, 9.17) is 14.2 Å². The van der Waals surface area contributed by atoms with Gasteiger partial charge >= 0.3 is 6.09 Å². The van der Waals surface area contributed by atoms with Gasteiger partial charge in [0.15, 0.2) is 11.5 Å². The SMILES string of the molecule is COC(=O)N1CCN(c2cccc(Oc3ccccc3OC)c2)CC1. The molecule has 0 spiro atoms. The van der Waals surface area contributed by atoms with Gasteiger partial charge in [0.2, 0.25) is 0 Å². The van der Waals surface area contributed by atoms with Crippen LogP contribution in [0.3, 0.4) is 0 Å². The zero-order valence-electron chi connectivity index (χ0n) is 14.5. The van der Waals surface area contributed by atoms with Gasteiger partial charge in [-0.3, -0.25) is 0 Å². The molecule has 6 heteroatoms. The van der Waals surface area contributed by atoms with Crippen LogP contribution < -0.4 is 14.4 Å². The molecule has 0 unspecified atom stereocenters. The Kier molecular flexibility index (Phi) is 5.28. The van der Waals surface area contributed by atoms with Gasteiger partial charge in [0, 0.05) is 37.9 Å². The Morgan fingerprint density at radius 1 is 0.920 bits per heavy atom. The summed E-state index contributed by atoms with van der Waals surface area (Å²) in [6.45, 7) is 2.80. The van der Waals surface area contributed by atoms with Gasteiger partial charge in [-0.25, -0.2) is 4.79 Å². The van der Waals surface area contributed by atoms with Crippen molar-refractivity contribution in [2.24, 2.45) is 0 Å². The van der Waals surface area contributed by atoms with E-state index in [-0.39, 0.29) is 6.09 Å². The lowest BCUT2D eigenvalue weighted by Gasteiger charge is -2.35. The lowest BCUT2D eigenvalue weighted by molar-refractivity contribution is 0.121. The van der Waals surface area contributed by atoms with Crippen molar-refractivity contribution in [2.45, 2.75) is 0 Å². The van der Waals surface area contributed by atoms with E-state index in [0.29, 0.717) is 24.6 Å². The lowest BCUT2D eigenvalue weighted by Crippen LogP contribution is -2.48. The number of hydrogen-bond acceptors (Lipinski definition) is 5.